The Morgan fingerprint density at radius 3 is 2.59 bits per heavy atom. The first kappa shape index (κ1) is 20.1. The van der Waals surface area contributed by atoms with E-state index in [-0.39, 0.29) is 18.6 Å². The zero-order valence-corrected chi connectivity index (χ0v) is 15.7. The number of carbonyl (C=O) groups is 2. The summed E-state index contributed by atoms with van der Waals surface area (Å²) in [5, 5.41) is 0. The molecule has 0 aliphatic carbocycles. The Hall–Kier alpha value is -3.68. The Bertz CT molecular complexity index is 975. The van der Waals surface area contributed by atoms with Gasteiger partial charge < -0.3 is 9.15 Å². The van der Waals surface area contributed by atoms with Crippen LogP contribution in [0.15, 0.2) is 65.2 Å². The molecular weight excluding hydrogens is 377 g/mol. The quantitative estimate of drug-likeness (QED) is 0.598. The van der Waals surface area contributed by atoms with Gasteiger partial charge in [-0.2, -0.15) is 0 Å². The molecular formula is C21H20FN3O4. The summed E-state index contributed by atoms with van der Waals surface area (Å²) >= 11 is 0. The highest BCUT2D eigenvalue weighted by atomic mass is 19.1. The molecule has 1 heterocycles. The topological polar surface area (TPSA) is 93.5 Å². The van der Waals surface area contributed by atoms with Gasteiger partial charge in [-0.1, -0.05) is 42.5 Å². The van der Waals surface area contributed by atoms with Crippen molar-refractivity contribution in [3.63, 3.8) is 0 Å². The number of nitrogens with zero attached hydrogens (tertiary/aromatic N) is 1. The van der Waals surface area contributed by atoms with Crippen molar-refractivity contribution in [2.75, 3.05) is 0 Å². The number of oxazole rings is 1. The van der Waals surface area contributed by atoms with E-state index in [1.54, 1.807) is 12.3 Å². The second-order valence-corrected chi connectivity index (χ2v) is 6.21. The number of halogens is 1. The minimum Gasteiger partial charge on any atom is -0.478 e. The van der Waals surface area contributed by atoms with Crippen molar-refractivity contribution in [2.45, 2.75) is 25.9 Å². The van der Waals surface area contributed by atoms with Gasteiger partial charge in [-0.15, -0.1) is 0 Å². The van der Waals surface area contributed by atoms with E-state index in [1.807, 2.05) is 30.3 Å². The fourth-order valence-electron chi connectivity index (χ4n) is 2.46. The average Bonchev–Trinajstić information content (AvgIpc) is 3.22. The largest absolute Gasteiger partial charge is 0.478 e. The molecule has 1 aromatic heterocycles. The van der Waals surface area contributed by atoms with Crippen LogP contribution < -0.4 is 15.6 Å². The maximum atomic E-state index is 13.6. The zero-order chi connectivity index (χ0) is 20.6. The summed E-state index contributed by atoms with van der Waals surface area (Å²) in [6, 6.07) is 15.2. The molecule has 0 fully saturated rings. The van der Waals surface area contributed by atoms with Crippen LogP contribution in [-0.2, 0) is 16.0 Å². The van der Waals surface area contributed by atoms with Crippen molar-refractivity contribution in [3.8, 4) is 17.1 Å². The van der Waals surface area contributed by atoms with Crippen LogP contribution >= 0.6 is 0 Å². The maximum absolute atomic E-state index is 13.6. The lowest BCUT2D eigenvalue weighted by molar-refractivity contribution is -0.132. The fraction of sp³-hybridized carbons (Fsp3) is 0.190. The van der Waals surface area contributed by atoms with Gasteiger partial charge in [-0.3, -0.25) is 20.4 Å². The number of benzene rings is 2. The van der Waals surface area contributed by atoms with Crippen molar-refractivity contribution in [1.82, 2.24) is 15.8 Å². The lowest BCUT2D eigenvalue weighted by Crippen LogP contribution is -2.47. The molecule has 0 aliphatic heterocycles. The summed E-state index contributed by atoms with van der Waals surface area (Å²) < 4.78 is 24.4. The van der Waals surface area contributed by atoms with Gasteiger partial charge in [0, 0.05) is 18.4 Å². The van der Waals surface area contributed by atoms with Crippen LogP contribution in [0.25, 0.3) is 11.3 Å². The number of ether oxygens (including phenoxy) is 1. The lowest BCUT2D eigenvalue weighted by atomic mass is 10.2. The fourth-order valence-corrected chi connectivity index (χ4v) is 2.46. The maximum Gasteiger partial charge on any atom is 0.279 e. The number of aromatic nitrogens is 1. The van der Waals surface area contributed by atoms with Gasteiger partial charge in [0.2, 0.25) is 5.91 Å². The Morgan fingerprint density at radius 1 is 1.10 bits per heavy atom. The summed E-state index contributed by atoms with van der Waals surface area (Å²) in [5.74, 6) is -0.605. The molecule has 1 atom stereocenters. The Balaban J connectivity index is 1.42. The molecule has 1 unspecified atom stereocenters. The highest BCUT2D eigenvalue weighted by Gasteiger charge is 2.17. The van der Waals surface area contributed by atoms with E-state index in [9.17, 15) is 14.0 Å². The summed E-state index contributed by atoms with van der Waals surface area (Å²) in [4.78, 5) is 28.1. The summed E-state index contributed by atoms with van der Waals surface area (Å²) in [6.45, 7) is 1.45. The first-order chi connectivity index (χ1) is 14.0. The number of hydrogen-bond acceptors (Lipinski definition) is 5. The molecule has 0 aliphatic rings. The second-order valence-electron chi connectivity index (χ2n) is 6.21. The number of hydrazine groups is 1. The number of para-hydroxylation sites is 1. The summed E-state index contributed by atoms with van der Waals surface area (Å²) in [6.07, 6.45) is 0.951. The molecule has 29 heavy (non-hydrogen) atoms. The van der Waals surface area contributed by atoms with Crippen molar-refractivity contribution >= 4 is 11.8 Å². The normalized spacial score (nSPS) is 11.5. The standard InChI is InChI=1S/C21H20FN3O4/c1-14(28-17-10-6-5-9-16(17)22)21(27)25-24-19(26)11-12-20-23-13-18(29-20)15-7-3-2-4-8-15/h2-10,13-14H,11-12H2,1H3,(H,24,26)(H,25,27). The van der Waals surface area contributed by atoms with Crippen molar-refractivity contribution < 1.29 is 23.1 Å². The average molecular weight is 397 g/mol. The van der Waals surface area contributed by atoms with Crippen LogP contribution in [-0.4, -0.2) is 22.9 Å². The third-order valence-corrected chi connectivity index (χ3v) is 4.01. The van der Waals surface area contributed by atoms with E-state index in [2.05, 4.69) is 15.8 Å². The molecule has 0 spiro atoms. The van der Waals surface area contributed by atoms with Gasteiger partial charge in [0.25, 0.3) is 5.91 Å². The van der Waals surface area contributed by atoms with Crippen molar-refractivity contribution in [3.05, 3.63) is 72.5 Å². The number of aryl methyl sites for hydroxylation is 1. The molecule has 3 aromatic rings. The van der Waals surface area contributed by atoms with Crippen molar-refractivity contribution in [1.29, 1.82) is 0 Å². The number of nitrogens with one attached hydrogen (secondary N) is 2. The van der Waals surface area contributed by atoms with Crippen LogP contribution in [0, 0.1) is 5.82 Å². The molecule has 3 rings (SSSR count). The second kappa shape index (κ2) is 9.50. The number of carbonyl (C=O) groups excluding carboxylic acids is 2. The first-order valence-electron chi connectivity index (χ1n) is 9.03. The van der Waals surface area contributed by atoms with E-state index in [0.717, 1.165) is 5.56 Å². The summed E-state index contributed by atoms with van der Waals surface area (Å²) in [5.41, 5.74) is 5.44. The van der Waals surface area contributed by atoms with E-state index in [0.29, 0.717) is 11.7 Å². The third-order valence-electron chi connectivity index (χ3n) is 4.01. The highest BCUT2D eigenvalue weighted by Crippen LogP contribution is 2.20. The smallest absolute Gasteiger partial charge is 0.279 e. The van der Waals surface area contributed by atoms with Crippen LogP contribution in [0.2, 0.25) is 0 Å². The van der Waals surface area contributed by atoms with Crippen molar-refractivity contribution in [2.24, 2.45) is 0 Å². The van der Waals surface area contributed by atoms with E-state index in [4.69, 9.17) is 9.15 Å². The molecule has 2 amide bonds. The number of hydrogen-bond donors (Lipinski definition) is 2. The predicted octanol–water partition coefficient (Wildman–Crippen LogP) is 3.03. The van der Waals surface area contributed by atoms with Crippen LogP contribution in [0.1, 0.15) is 19.2 Å². The molecule has 0 bridgehead atoms. The number of amides is 2. The molecule has 0 radical (unpaired) electrons. The monoisotopic (exact) mass is 397 g/mol. The Kier molecular flexibility index (Phi) is 6.57. The molecule has 2 aromatic carbocycles. The lowest BCUT2D eigenvalue weighted by Gasteiger charge is -2.15. The predicted molar refractivity (Wildman–Crippen MR) is 103 cm³/mol. The van der Waals surface area contributed by atoms with Gasteiger partial charge in [-0.05, 0) is 19.1 Å². The minimum atomic E-state index is -0.993. The van der Waals surface area contributed by atoms with Crippen LogP contribution in [0.4, 0.5) is 4.39 Å². The Morgan fingerprint density at radius 2 is 1.83 bits per heavy atom. The van der Waals surface area contributed by atoms with Crippen LogP contribution in [0.5, 0.6) is 5.75 Å². The van der Waals surface area contributed by atoms with Gasteiger partial charge in [-0.25, -0.2) is 9.37 Å². The molecule has 0 saturated heterocycles. The third kappa shape index (κ3) is 5.65. The molecule has 0 saturated carbocycles. The number of rotatable bonds is 7. The van der Waals surface area contributed by atoms with E-state index in [1.165, 1.54) is 25.1 Å². The van der Waals surface area contributed by atoms with Gasteiger partial charge in [0.05, 0.1) is 6.20 Å². The van der Waals surface area contributed by atoms with Gasteiger partial charge in [0.1, 0.15) is 0 Å². The van der Waals surface area contributed by atoms with Crippen LogP contribution in [0.3, 0.4) is 0 Å². The van der Waals surface area contributed by atoms with Gasteiger partial charge >= 0.3 is 0 Å². The van der Waals surface area contributed by atoms with E-state index >= 15 is 0 Å². The molecule has 150 valence electrons. The minimum absolute atomic E-state index is 0.0420. The Labute approximate surface area is 166 Å². The molecule has 2 N–H and O–H groups in total. The zero-order valence-electron chi connectivity index (χ0n) is 15.7. The molecule has 8 heteroatoms. The first-order valence-corrected chi connectivity index (χ1v) is 9.03. The summed E-state index contributed by atoms with van der Waals surface area (Å²) in [7, 11) is 0. The van der Waals surface area contributed by atoms with E-state index < -0.39 is 23.7 Å². The van der Waals surface area contributed by atoms with Gasteiger partial charge in [0.15, 0.2) is 29.3 Å². The molecule has 7 nitrogen and oxygen atoms in total. The highest BCUT2D eigenvalue weighted by molar-refractivity contribution is 5.84. The SMILES string of the molecule is CC(Oc1ccccc1F)C(=O)NNC(=O)CCc1ncc(-c2ccccc2)o1.